The average Bonchev–Trinajstić information content (AvgIpc) is 2.67. The molecule has 2 fully saturated rings. The molecule has 0 saturated carbocycles. The maximum absolute atomic E-state index is 10.8. The lowest BCUT2D eigenvalue weighted by atomic mass is 10.4. The number of carbonyl (C=O) groups is 1. The molecule has 0 radical (unpaired) electrons. The van der Waals surface area contributed by atoms with Gasteiger partial charge in [0.1, 0.15) is 11.5 Å². The number of ether oxygens (including phenoxy) is 3. The molecule has 2 rings (SSSR count). The Kier molecular flexibility index (Phi) is 3.85. The van der Waals surface area contributed by atoms with Gasteiger partial charge in [-0.3, -0.25) is 4.79 Å². The Bertz CT molecular complexity index is 229. The van der Waals surface area contributed by atoms with Crippen molar-refractivity contribution >= 4 is 17.1 Å². The van der Waals surface area contributed by atoms with Crippen molar-refractivity contribution < 1.29 is 23.2 Å². The van der Waals surface area contributed by atoms with E-state index in [0.29, 0.717) is 26.4 Å². The Morgan fingerprint density at radius 2 is 2.27 bits per heavy atom. The van der Waals surface area contributed by atoms with Crippen LogP contribution in [0, 0.1) is 0 Å². The summed E-state index contributed by atoms with van der Waals surface area (Å²) in [6, 6.07) is 0. The standard InChI is InChI=1S/C9H16O5S/c1-7(10)14-8-4-13-15(6-8)9-5-11-2-3-12-9/h8-9,15H,2-6H2,1H3. The molecule has 0 amide bonds. The van der Waals surface area contributed by atoms with Gasteiger partial charge < -0.3 is 18.4 Å². The van der Waals surface area contributed by atoms with E-state index in [0.717, 1.165) is 5.75 Å². The van der Waals surface area contributed by atoms with Crippen LogP contribution in [0.5, 0.6) is 0 Å². The van der Waals surface area contributed by atoms with Gasteiger partial charge in [0.2, 0.25) is 0 Å². The zero-order valence-corrected chi connectivity index (χ0v) is 9.57. The van der Waals surface area contributed by atoms with Gasteiger partial charge in [-0.2, -0.15) is 0 Å². The summed E-state index contributed by atoms with van der Waals surface area (Å²) in [7, 11) is 0. The van der Waals surface area contributed by atoms with Gasteiger partial charge in [0.15, 0.2) is 0 Å². The van der Waals surface area contributed by atoms with E-state index >= 15 is 0 Å². The molecule has 0 aromatic carbocycles. The van der Waals surface area contributed by atoms with Crippen molar-refractivity contribution in [2.75, 3.05) is 32.2 Å². The predicted octanol–water partition coefficient (Wildman–Crippen LogP) is 0.237. The first-order valence-electron chi connectivity index (χ1n) is 5.02. The van der Waals surface area contributed by atoms with Gasteiger partial charge >= 0.3 is 5.97 Å². The summed E-state index contributed by atoms with van der Waals surface area (Å²) in [5.41, 5.74) is 0.0503. The van der Waals surface area contributed by atoms with E-state index in [2.05, 4.69) is 0 Å². The lowest BCUT2D eigenvalue weighted by Crippen LogP contribution is -2.29. The first-order valence-corrected chi connectivity index (χ1v) is 6.53. The second-order valence-corrected chi connectivity index (χ2v) is 5.56. The Balaban J connectivity index is 1.78. The third-order valence-electron chi connectivity index (χ3n) is 2.26. The molecule has 3 atom stereocenters. The van der Waals surface area contributed by atoms with Gasteiger partial charge in [0, 0.05) is 12.7 Å². The molecule has 0 aromatic rings. The summed E-state index contributed by atoms with van der Waals surface area (Å²) in [6.45, 7) is 3.79. The summed E-state index contributed by atoms with van der Waals surface area (Å²) in [5.74, 6) is 0.518. The van der Waals surface area contributed by atoms with Crippen LogP contribution in [0.3, 0.4) is 0 Å². The van der Waals surface area contributed by atoms with Crippen LogP contribution in [0.4, 0.5) is 0 Å². The Hall–Kier alpha value is -0.300. The lowest BCUT2D eigenvalue weighted by Gasteiger charge is -2.29. The summed E-state index contributed by atoms with van der Waals surface area (Å²) in [6.07, 6.45) is -0.0980. The van der Waals surface area contributed by atoms with Crippen LogP contribution in [-0.2, 0) is 23.2 Å². The molecule has 2 aliphatic rings. The van der Waals surface area contributed by atoms with Gasteiger partial charge in [-0.25, -0.2) is 0 Å². The maximum atomic E-state index is 10.8. The van der Waals surface area contributed by atoms with Crippen LogP contribution in [-0.4, -0.2) is 49.7 Å². The maximum Gasteiger partial charge on any atom is 0.303 e. The van der Waals surface area contributed by atoms with Crippen molar-refractivity contribution in [3.05, 3.63) is 0 Å². The number of hydrogen-bond donors (Lipinski definition) is 1. The van der Waals surface area contributed by atoms with Crippen LogP contribution < -0.4 is 0 Å². The molecule has 2 aliphatic heterocycles. The lowest BCUT2D eigenvalue weighted by molar-refractivity contribution is -0.145. The summed E-state index contributed by atoms with van der Waals surface area (Å²) < 4.78 is 21.5. The molecular weight excluding hydrogens is 220 g/mol. The first-order chi connectivity index (χ1) is 7.25. The fourth-order valence-corrected chi connectivity index (χ4v) is 3.62. The first kappa shape index (κ1) is 11.2. The Morgan fingerprint density at radius 1 is 1.40 bits per heavy atom. The molecule has 0 aromatic heterocycles. The second-order valence-electron chi connectivity index (χ2n) is 3.53. The molecule has 5 nitrogen and oxygen atoms in total. The fraction of sp³-hybridized carbons (Fsp3) is 0.889. The van der Waals surface area contributed by atoms with E-state index in [-0.39, 0.29) is 17.5 Å². The topological polar surface area (TPSA) is 54.0 Å². The Labute approximate surface area is 91.6 Å². The monoisotopic (exact) mass is 236 g/mol. The molecule has 0 aliphatic carbocycles. The van der Waals surface area contributed by atoms with Crippen LogP contribution in [0.1, 0.15) is 6.92 Å². The minimum atomic E-state index is -0.658. The van der Waals surface area contributed by atoms with Crippen molar-refractivity contribution in [2.24, 2.45) is 0 Å². The van der Waals surface area contributed by atoms with E-state index in [4.69, 9.17) is 18.4 Å². The van der Waals surface area contributed by atoms with E-state index in [1.165, 1.54) is 6.92 Å². The molecule has 6 heteroatoms. The predicted molar refractivity (Wildman–Crippen MR) is 55.9 cm³/mol. The molecule has 0 bridgehead atoms. The minimum Gasteiger partial charge on any atom is -0.459 e. The van der Waals surface area contributed by atoms with E-state index in [1.54, 1.807) is 0 Å². The molecule has 0 N–H and O–H groups in total. The third kappa shape index (κ3) is 3.07. The minimum absolute atomic E-state index is 0.0503. The van der Waals surface area contributed by atoms with Crippen molar-refractivity contribution in [3.8, 4) is 0 Å². The number of esters is 1. The van der Waals surface area contributed by atoms with Gasteiger partial charge in [-0.05, 0) is 0 Å². The smallest absolute Gasteiger partial charge is 0.303 e. The average molecular weight is 236 g/mol. The molecular formula is C9H16O5S. The highest BCUT2D eigenvalue weighted by Gasteiger charge is 2.32. The molecule has 2 heterocycles. The number of thiol groups is 1. The molecule has 2 saturated heterocycles. The van der Waals surface area contributed by atoms with Gasteiger partial charge in [0.25, 0.3) is 0 Å². The van der Waals surface area contributed by atoms with Crippen LogP contribution in [0.25, 0.3) is 0 Å². The summed E-state index contributed by atoms with van der Waals surface area (Å²) >= 11 is -0.658. The SMILES string of the molecule is CC(=O)OC1CO[SH](C2COCCO2)C1. The quantitative estimate of drug-likeness (QED) is 0.550. The third-order valence-corrected chi connectivity index (χ3v) is 4.45. The van der Waals surface area contributed by atoms with E-state index in [1.807, 2.05) is 0 Å². The van der Waals surface area contributed by atoms with Gasteiger partial charge in [-0.1, -0.05) is 0 Å². The normalized spacial score (nSPS) is 38.9. The van der Waals surface area contributed by atoms with Crippen LogP contribution in [0.15, 0.2) is 0 Å². The van der Waals surface area contributed by atoms with E-state index in [9.17, 15) is 4.79 Å². The molecule has 3 unspecified atom stereocenters. The van der Waals surface area contributed by atoms with Gasteiger partial charge in [-0.15, -0.1) is 11.2 Å². The Morgan fingerprint density at radius 3 is 2.93 bits per heavy atom. The number of rotatable bonds is 2. The zero-order valence-electron chi connectivity index (χ0n) is 8.68. The summed E-state index contributed by atoms with van der Waals surface area (Å²) in [5, 5.41) is 0. The van der Waals surface area contributed by atoms with Crippen LogP contribution in [0.2, 0.25) is 0 Å². The van der Waals surface area contributed by atoms with Crippen molar-refractivity contribution in [2.45, 2.75) is 18.5 Å². The van der Waals surface area contributed by atoms with Crippen molar-refractivity contribution in [3.63, 3.8) is 0 Å². The number of hydrogen-bond acceptors (Lipinski definition) is 5. The number of carbonyl (C=O) groups excluding carboxylic acids is 1. The summed E-state index contributed by atoms with van der Waals surface area (Å²) in [4.78, 5) is 10.8. The molecule has 15 heavy (non-hydrogen) atoms. The van der Waals surface area contributed by atoms with Gasteiger partial charge in [0.05, 0.1) is 26.4 Å². The van der Waals surface area contributed by atoms with Crippen molar-refractivity contribution in [1.82, 2.24) is 0 Å². The second kappa shape index (κ2) is 5.16. The molecule has 0 spiro atoms. The largest absolute Gasteiger partial charge is 0.459 e. The van der Waals surface area contributed by atoms with Crippen molar-refractivity contribution in [1.29, 1.82) is 0 Å². The highest BCUT2D eigenvalue weighted by molar-refractivity contribution is 8.13. The zero-order chi connectivity index (χ0) is 10.7. The fourth-order valence-electron chi connectivity index (χ4n) is 1.63. The molecule has 88 valence electrons. The highest BCUT2D eigenvalue weighted by atomic mass is 32.2. The highest BCUT2D eigenvalue weighted by Crippen LogP contribution is 2.41. The van der Waals surface area contributed by atoms with E-state index < -0.39 is 11.2 Å². The van der Waals surface area contributed by atoms with Crippen LogP contribution >= 0.6 is 11.2 Å².